The number of anilines is 1. The van der Waals surface area contributed by atoms with Gasteiger partial charge in [-0.2, -0.15) is 0 Å². The number of benzene rings is 1. The van der Waals surface area contributed by atoms with Crippen LogP contribution in [0.3, 0.4) is 0 Å². The van der Waals surface area contributed by atoms with E-state index in [1.165, 1.54) is 43.6 Å². The van der Waals surface area contributed by atoms with Gasteiger partial charge in [-0.25, -0.2) is 0 Å². The lowest BCUT2D eigenvalue weighted by Gasteiger charge is -2.31. The molecule has 0 aromatic heterocycles. The molecule has 1 saturated heterocycles. The monoisotopic (exact) mass is 289 g/mol. The van der Waals surface area contributed by atoms with Gasteiger partial charge in [0.25, 0.3) is 0 Å². The molecule has 0 unspecified atom stereocenters. The molecule has 4 heteroatoms. The van der Waals surface area contributed by atoms with E-state index in [-0.39, 0.29) is 5.91 Å². The summed E-state index contributed by atoms with van der Waals surface area (Å²) in [5, 5.41) is 0. The first-order valence-corrected chi connectivity index (χ1v) is 7.97. The number of hydrogen-bond acceptors (Lipinski definition) is 3. The average Bonchev–Trinajstić information content (AvgIpc) is 2.48. The molecule has 2 rings (SSSR count). The summed E-state index contributed by atoms with van der Waals surface area (Å²) < 4.78 is 0. The van der Waals surface area contributed by atoms with Crippen molar-refractivity contribution in [1.82, 2.24) is 4.90 Å². The molecule has 1 aromatic carbocycles. The zero-order valence-electron chi connectivity index (χ0n) is 13.1. The lowest BCUT2D eigenvalue weighted by molar-refractivity contribution is -0.117. The van der Waals surface area contributed by atoms with Crippen molar-refractivity contribution in [3.63, 3.8) is 0 Å². The largest absolute Gasteiger partial charge is 0.370 e. The van der Waals surface area contributed by atoms with Crippen LogP contribution < -0.4 is 10.6 Å². The molecule has 116 valence electrons. The first-order valence-electron chi connectivity index (χ1n) is 7.97. The zero-order valence-corrected chi connectivity index (χ0v) is 13.1. The Morgan fingerprint density at radius 2 is 2.00 bits per heavy atom. The van der Waals surface area contributed by atoms with Crippen molar-refractivity contribution in [1.29, 1.82) is 0 Å². The highest BCUT2D eigenvalue weighted by molar-refractivity contribution is 5.74. The molecule has 21 heavy (non-hydrogen) atoms. The van der Waals surface area contributed by atoms with E-state index < -0.39 is 0 Å². The Morgan fingerprint density at radius 1 is 1.24 bits per heavy atom. The number of nitrogens with two attached hydrogens (primary N) is 1. The van der Waals surface area contributed by atoms with Crippen LogP contribution in [-0.4, -0.2) is 43.5 Å². The van der Waals surface area contributed by atoms with Gasteiger partial charge in [0.15, 0.2) is 0 Å². The molecular formula is C17H27N3O. The number of carbonyl (C=O) groups excluding carboxylic acids is 1. The highest BCUT2D eigenvalue weighted by Gasteiger charge is 2.13. The van der Waals surface area contributed by atoms with E-state index in [1.807, 2.05) is 0 Å². The Balaban J connectivity index is 1.95. The van der Waals surface area contributed by atoms with Gasteiger partial charge >= 0.3 is 0 Å². The summed E-state index contributed by atoms with van der Waals surface area (Å²) in [5.74, 6) is -0.231. The summed E-state index contributed by atoms with van der Waals surface area (Å²) in [4.78, 5) is 15.9. The van der Waals surface area contributed by atoms with E-state index in [9.17, 15) is 4.79 Å². The molecule has 1 heterocycles. The first kappa shape index (κ1) is 15.8. The number of piperidine rings is 1. The molecule has 0 spiro atoms. The molecule has 1 aliphatic heterocycles. The average molecular weight is 289 g/mol. The second kappa shape index (κ2) is 8.03. The second-order valence-electron chi connectivity index (χ2n) is 5.94. The third-order valence-electron chi connectivity index (χ3n) is 4.13. The highest BCUT2D eigenvalue weighted by Crippen LogP contribution is 2.17. The van der Waals surface area contributed by atoms with E-state index in [4.69, 9.17) is 5.73 Å². The molecule has 0 radical (unpaired) electrons. The number of likely N-dealkylation sites (tertiary alicyclic amines) is 1. The van der Waals surface area contributed by atoms with Gasteiger partial charge < -0.3 is 15.5 Å². The molecular weight excluding hydrogens is 262 g/mol. The van der Waals surface area contributed by atoms with Crippen LogP contribution in [0.15, 0.2) is 24.3 Å². The summed E-state index contributed by atoms with van der Waals surface area (Å²) >= 11 is 0. The smallest absolute Gasteiger partial charge is 0.219 e. The van der Waals surface area contributed by atoms with Crippen LogP contribution in [0.25, 0.3) is 0 Å². The lowest BCUT2D eigenvalue weighted by Crippen LogP contribution is -2.39. The number of carbonyl (C=O) groups is 1. The predicted molar refractivity (Wildman–Crippen MR) is 87.5 cm³/mol. The predicted octanol–water partition coefficient (Wildman–Crippen LogP) is 2.16. The number of aryl methyl sites for hydroxylation is 1. The number of nitrogens with zero attached hydrogens (tertiary/aromatic N) is 2. The molecule has 1 aromatic rings. The summed E-state index contributed by atoms with van der Waals surface area (Å²) in [5.41, 5.74) is 7.74. The number of hydrogen-bond donors (Lipinski definition) is 1. The van der Waals surface area contributed by atoms with E-state index >= 15 is 0 Å². The van der Waals surface area contributed by atoms with Crippen molar-refractivity contribution in [2.24, 2.45) is 5.73 Å². The van der Waals surface area contributed by atoms with Crippen LogP contribution in [0.1, 0.15) is 31.2 Å². The van der Waals surface area contributed by atoms with Crippen molar-refractivity contribution < 1.29 is 4.79 Å². The topological polar surface area (TPSA) is 49.6 Å². The van der Waals surface area contributed by atoms with Gasteiger partial charge in [-0.05, 0) is 50.6 Å². The minimum atomic E-state index is -0.231. The van der Waals surface area contributed by atoms with Crippen LogP contribution in [0.5, 0.6) is 0 Å². The zero-order chi connectivity index (χ0) is 15.1. The third kappa shape index (κ3) is 5.38. The summed E-state index contributed by atoms with van der Waals surface area (Å²) in [6, 6.07) is 8.46. The van der Waals surface area contributed by atoms with E-state index in [0.717, 1.165) is 13.1 Å². The molecule has 4 nitrogen and oxygen atoms in total. The molecule has 1 fully saturated rings. The Bertz CT molecular complexity index is 455. The molecule has 0 aliphatic carbocycles. The van der Waals surface area contributed by atoms with Crippen molar-refractivity contribution in [2.45, 2.75) is 32.6 Å². The van der Waals surface area contributed by atoms with Gasteiger partial charge in [-0.1, -0.05) is 18.6 Å². The molecule has 0 saturated carbocycles. The second-order valence-corrected chi connectivity index (χ2v) is 5.94. The van der Waals surface area contributed by atoms with E-state index in [2.05, 4.69) is 41.0 Å². The minimum Gasteiger partial charge on any atom is -0.370 e. The number of amides is 1. The molecule has 0 atom stereocenters. The Kier molecular flexibility index (Phi) is 6.05. The molecule has 1 aliphatic rings. The third-order valence-corrected chi connectivity index (χ3v) is 4.13. The van der Waals surface area contributed by atoms with E-state index in [0.29, 0.717) is 13.0 Å². The SMILES string of the molecule is Cc1cccc(N(CCC(N)=O)CCN2CCCCC2)c1. The molecule has 0 bridgehead atoms. The Morgan fingerprint density at radius 3 is 2.67 bits per heavy atom. The standard InChI is InChI=1S/C17H27N3O/c1-15-6-5-7-16(14-15)20(11-8-17(18)21)13-12-19-9-3-2-4-10-19/h5-7,14H,2-4,8-13H2,1H3,(H2,18,21). The summed E-state index contributed by atoms with van der Waals surface area (Å²) in [6.07, 6.45) is 4.39. The van der Waals surface area contributed by atoms with Gasteiger partial charge in [0, 0.05) is 31.7 Å². The Hall–Kier alpha value is -1.55. The normalized spacial score (nSPS) is 15.9. The molecule has 2 N–H and O–H groups in total. The van der Waals surface area contributed by atoms with Crippen LogP contribution >= 0.6 is 0 Å². The molecule has 1 amide bonds. The van der Waals surface area contributed by atoms with Gasteiger partial charge in [-0.3, -0.25) is 4.79 Å². The van der Waals surface area contributed by atoms with E-state index in [1.54, 1.807) is 0 Å². The quantitative estimate of drug-likeness (QED) is 0.837. The van der Waals surface area contributed by atoms with Crippen molar-refractivity contribution >= 4 is 11.6 Å². The summed E-state index contributed by atoms with van der Waals surface area (Å²) in [7, 11) is 0. The van der Waals surface area contributed by atoms with Crippen LogP contribution in [-0.2, 0) is 4.79 Å². The van der Waals surface area contributed by atoms with Crippen LogP contribution in [0.4, 0.5) is 5.69 Å². The number of rotatable bonds is 7. The number of primary amides is 1. The summed E-state index contributed by atoms with van der Waals surface area (Å²) in [6.45, 7) is 7.23. The fourth-order valence-electron chi connectivity index (χ4n) is 2.88. The van der Waals surface area contributed by atoms with Gasteiger partial charge in [0.05, 0.1) is 0 Å². The lowest BCUT2D eigenvalue weighted by atomic mass is 10.1. The first-order chi connectivity index (χ1) is 10.1. The fourth-order valence-corrected chi connectivity index (χ4v) is 2.88. The van der Waals surface area contributed by atoms with Crippen LogP contribution in [0.2, 0.25) is 0 Å². The van der Waals surface area contributed by atoms with Gasteiger partial charge in [-0.15, -0.1) is 0 Å². The fraction of sp³-hybridized carbons (Fsp3) is 0.588. The Labute approximate surface area is 127 Å². The van der Waals surface area contributed by atoms with Crippen molar-refractivity contribution in [3.8, 4) is 0 Å². The van der Waals surface area contributed by atoms with Crippen molar-refractivity contribution in [3.05, 3.63) is 29.8 Å². The maximum Gasteiger partial charge on any atom is 0.219 e. The van der Waals surface area contributed by atoms with Crippen molar-refractivity contribution in [2.75, 3.05) is 37.6 Å². The van der Waals surface area contributed by atoms with Gasteiger partial charge in [0.1, 0.15) is 0 Å². The maximum absolute atomic E-state index is 11.1. The van der Waals surface area contributed by atoms with Crippen LogP contribution in [0, 0.1) is 6.92 Å². The highest BCUT2D eigenvalue weighted by atomic mass is 16.1. The minimum absolute atomic E-state index is 0.231. The van der Waals surface area contributed by atoms with Gasteiger partial charge in [0.2, 0.25) is 5.91 Å². The maximum atomic E-state index is 11.1.